The average Bonchev–Trinajstić information content (AvgIpc) is 3.01. The van der Waals surface area contributed by atoms with E-state index in [0.717, 1.165) is 5.69 Å². The summed E-state index contributed by atoms with van der Waals surface area (Å²) in [6.45, 7) is 0.592. The number of anilines is 1. The van der Waals surface area contributed by atoms with Gasteiger partial charge in [0.1, 0.15) is 0 Å². The number of hydrogen-bond acceptors (Lipinski definition) is 4. The molecule has 0 bridgehead atoms. The second-order valence-electron chi connectivity index (χ2n) is 5.69. The van der Waals surface area contributed by atoms with Gasteiger partial charge in [-0.05, 0) is 54.7 Å². The molecule has 0 unspecified atom stereocenters. The molecule has 1 amide bonds. The van der Waals surface area contributed by atoms with Gasteiger partial charge in [-0.2, -0.15) is 11.3 Å². The highest BCUT2D eigenvalue weighted by Crippen LogP contribution is 2.20. The molecular weight excluding hydrogens is 294 g/mol. The number of nitrogens with zero attached hydrogens (tertiary/aromatic N) is 2. The molecule has 1 aromatic carbocycles. The lowest BCUT2D eigenvalue weighted by Gasteiger charge is -2.24. The number of benzene rings is 1. The minimum absolute atomic E-state index is 0.0363. The van der Waals surface area contributed by atoms with Crippen molar-refractivity contribution in [3.63, 3.8) is 0 Å². The third kappa shape index (κ3) is 4.08. The van der Waals surface area contributed by atoms with Crippen molar-refractivity contribution in [1.82, 2.24) is 10.2 Å². The summed E-state index contributed by atoms with van der Waals surface area (Å²) in [5.74, 6) is -0.0363. The fourth-order valence-corrected chi connectivity index (χ4v) is 2.99. The lowest BCUT2D eigenvalue weighted by atomic mass is 10.1. The van der Waals surface area contributed by atoms with Crippen LogP contribution in [-0.2, 0) is 0 Å². The van der Waals surface area contributed by atoms with Crippen molar-refractivity contribution in [2.24, 2.45) is 0 Å². The van der Waals surface area contributed by atoms with Crippen LogP contribution in [0.2, 0.25) is 0 Å². The summed E-state index contributed by atoms with van der Waals surface area (Å²) in [6.07, 6.45) is 0. The number of carbonyl (C=O) groups excluding carboxylic acids is 1. The Morgan fingerprint density at radius 2 is 2.00 bits per heavy atom. The lowest BCUT2D eigenvalue weighted by Crippen LogP contribution is -2.34. The maximum Gasteiger partial charge on any atom is 0.251 e. The van der Waals surface area contributed by atoms with Gasteiger partial charge in [0, 0.05) is 31.9 Å². The van der Waals surface area contributed by atoms with Gasteiger partial charge in [-0.1, -0.05) is 6.07 Å². The number of thiophene rings is 1. The molecule has 1 atom stereocenters. The van der Waals surface area contributed by atoms with Crippen LogP contribution < -0.4 is 10.2 Å². The van der Waals surface area contributed by atoms with Crippen molar-refractivity contribution in [3.8, 4) is 0 Å². The smallest absolute Gasteiger partial charge is 0.251 e. The lowest BCUT2D eigenvalue weighted by molar-refractivity contribution is 0.0942. The van der Waals surface area contributed by atoms with Crippen LogP contribution in [0.1, 0.15) is 22.0 Å². The molecule has 0 fully saturated rings. The number of rotatable bonds is 6. The van der Waals surface area contributed by atoms with Crippen LogP contribution in [0.5, 0.6) is 0 Å². The molecule has 118 valence electrons. The first kappa shape index (κ1) is 16.5. The van der Waals surface area contributed by atoms with Crippen molar-refractivity contribution >= 4 is 22.9 Å². The maximum atomic E-state index is 12.4. The monoisotopic (exact) mass is 317 g/mol. The van der Waals surface area contributed by atoms with E-state index in [-0.39, 0.29) is 11.9 Å². The van der Waals surface area contributed by atoms with Crippen molar-refractivity contribution in [1.29, 1.82) is 0 Å². The van der Waals surface area contributed by atoms with Gasteiger partial charge >= 0.3 is 0 Å². The van der Waals surface area contributed by atoms with Gasteiger partial charge in [-0.25, -0.2) is 0 Å². The van der Waals surface area contributed by atoms with Gasteiger partial charge in [0.15, 0.2) is 0 Å². The van der Waals surface area contributed by atoms with Crippen LogP contribution in [-0.4, -0.2) is 45.5 Å². The van der Waals surface area contributed by atoms with E-state index in [9.17, 15) is 4.79 Å². The standard InChI is InChI=1S/C17H23N3OS/c1-19(2)15-7-5-6-13(10-15)17(21)18-11-16(20(3)4)14-8-9-22-12-14/h5-10,12,16H,11H2,1-4H3,(H,18,21)/t16-/m0/s1. The Morgan fingerprint density at radius 1 is 1.23 bits per heavy atom. The second kappa shape index (κ2) is 7.42. The van der Waals surface area contributed by atoms with Crippen LogP contribution in [0.4, 0.5) is 5.69 Å². The summed E-state index contributed by atoms with van der Waals surface area (Å²) in [4.78, 5) is 16.5. The summed E-state index contributed by atoms with van der Waals surface area (Å²) < 4.78 is 0. The molecule has 1 N–H and O–H groups in total. The Morgan fingerprint density at radius 3 is 2.59 bits per heavy atom. The molecular formula is C17H23N3OS. The number of amides is 1. The third-order valence-corrected chi connectivity index (χ3v) is 4.33. The predicted octanol–water partition coefficient (Wildman–Crippen LogP) is 2.85. The third-order valence-electron chi connectivity index (χ3n) is 3.63. The molecule has 0 aliphatic heterocycles. The normalized spacial score (nSPS) is 12.2. The zero-order valence-electron chi connectivity index (χ0n) is 13.5. The van der Waals surface area contributed by atoms with Gasteiger partial charge in [-0.15, -0.1) is 0 Å². The first-order valence-corrected chi connectivity index (χ1v) is 8.17. The molecule has 2 aromatic rings. The highest BCUT2D eigenvalue weighted by atomic mass is 32.1. The first-order chi connectivity index (χ1) is 10.5. The van der Waals surface area contributed by atoms with Crippen LogP contribution >= 0.6 is 11.3 Å². The second-order valence-corrected chi connectivity index (χ2v) is 6.47. The Kier molecular flexibility index (Phi) is 5.57. The van der Waals surface area contributed by atoms with Crippen molar-refractivity contribution in [2.75, 3.05) is 39.6 Å². The van der Waals surface area contributed by atoms with Gasteiger partial charge in [-0.3, -0.25) is 4.79 Å². The van der Waals surface area contributed by atoms with E-state index >= 15 is 0 Å². The summed E-state index contributed by atoms with van der Waals surface area (Å²) in [5.41, 5.74) is 2.95. The van der Waals surface area contributed by atoms with E-state index in [1.165, 1.54) is 5.56 Å². The number of likely N-dealkylation sites (N-methyl/N-ethyl adjacent to an activating group) is 1. The molecule has 2 rings (SSSR count). The summed E-state index contributed by atoms with van der Waals surface area (Å²) in [6, 6.07) is 9.94. The predicted molar refractivity (Wildman–Crippen MR) is 93.8 cm³/mol. The van der Waals surface area contributed by atoms with Gasteiger partial charge in [0.05, 0.1) is 6.04 Å². The summed E-state index contributed by atoms with van der Waals surface area (Å²) >= 11 is 1.68. The Bertz CT molecular complexity index is 608. The van der Waals surface area contributed by atoms with E-state index in [1.807, 2.05) is 57.4 Å². The van der Waals surface area contributed by atoms with Gasteiger partial charge in [0.2, 0.25) is 0 Å². The van der Waals surface area contributed by atoms with Gasteiger partial charge in [0.25, 0.3) is 5.91 Å². The number of hydrogen-bond donors (Lipinski definition) is 1. The Balaban J connectivity index is 2.04. The van der Waals surface area contributed by atoms with Crippen LogP contribution in [0.3, 0.4) is 0 Å². The van der Waals surface area contributed by atoms with Crippen molar-refractivity contribution in [3.05, 3.63) is 52.2 Å². The van der Waals surface area contributed by atoms with E-state index < -0.39 is 0 Å². The van der Waals surface area contributed by atoms with E-state index in [4.69, 9.17) is 0 Å². The quantitative estimate of drug-likeness (QED) is 0.890. The molecule has 5 heteroatoms. The van der Waals surface area contributed by atoms with E-state index in [1.54, 1.807) is 11.3 Å². The molecule has 0 saturated heterocycles. The highest BCUT2D eigenvalue weighted by molar-refractivity contribution is 7.07. The molecule has 0 aliphatic rings. The zero-order chi connectivity index (χ0) is 16.1. The topological polar surface area (TPSA) is 35.6 Å². The van der Waals surface area contributed by atoms with Crippen molar-refractivity contribution < 1.29 is 4.79 Å². The molecule has 0 spiro atoms. The molecule has 4 nitrogen and oxygen atoms in total. The number of carbonyl (C=O) groups is 1. The fourth-order valence-electron chi connectivity index (χ4n) is 2.28. The maximum absolute atomic E-state index is 12.4. The van der Waals surface area contributed by atoms with Crippen LogP contribution in [0.25, 0.3) is 0 Å². The van der Waals surface area contributed by atoms with E-state index in [2.05, 4.69) is 27.0 Å². The molecule has 0 saturated carbocycles. The Labute approximate surface area is 136 Å². The highest BCUT2D eigenvalue weighted by Gasteiger charge is 2.16. The van der Waals surface area contributed by atoms with Gasteiger partial charge < -0.3 is 15.1 Å². The average molecular weight is 317 g/mol. The molecule has 1 heterocycles. The first-order valence-electron chi connectivity index (χ1n) is 7.23. The van der Waals surface area contributed by atoms with E-state index in [0.29, 0.717) is 12.1 Å². The van der Waals surface area contributed by atoms with Crippen molar-refractivity contribution in [2.45, 2.75) is 6.04 Å². The zero-order valence-corrected chi connectivity index (χ0v) is 14.4. The molecule has 22 heavy (non-hydrogen) atoms. The number of nitrogens with one attached hydrogen (secondary N) is 1. The summed E-state index contributed by atoms with van der Waals surface area (Å²) in [5, 5.41) is 7.23. The minimum Gasteiger partial charge on any atom is -0.378 e. The fraction of sp³-hybridized carbons (Fsp3) is 0.353. The minimum atomic E-state index is -0.0363. The molecule has 0 radical (unpaired) electrons. The Hall–Kier alpha value is -1.85. The van der Waals surface area contributed by atoms with Crippen LogP contribution in [0.15, 0.2) is 41.1 Å². The molecule has 1 aromatic heterocycles. The summed E-state index contributed by atoms with van der Waals surface area (Å²) in [7, 11) is 7.99. The SMILES string of the molecule is CN(C)c1cccc(C(=O)NC[C@@H](c2ccsc2)N(C)C)c1. The molecule has 0 aliphatic carbocycles. The van der Waals surface area contributed by atoms with Crippen LogP contribution in [0, 0.1) is 0 Å². The largest absolute Gasteiger partial charge is 0.378 e.